The van der Waals surface area contributed by atoms with E-state index in [9.17, 15) is 8.78 Å². The number of nitrogens with one attached hydrogen (secondary N) is 1. The Kier molecular flexibility index (Phi) is 6.79. The summed E-state index contributed by atoms with van der Waals surface area (Å²) in [5.41, 5.74) is 6.46. The quantitative estimate of drug-likeness (QED) is 0.412. The Morgan fingerprint density at radius 1 is 1.32 bits per heavy atom. The van der Waals surface area contributed by atoms with Gasteiger partial charge in [-0.15, -0.1) is 24.0 Å². The van der Waals surface area contributed by atoms with E-state index in [-0.39, 0.29) is 42.3 Å². The Balaban J connectivity index is 0.00000225. The molecule has 0 radical (unpaired) electrons. The number of guanidine groups is 1. The van der Waals surface area contributed by atoms with Gasteiger partial charge in [0.25, 0.3) is 0 Å². The number of rotatable bonds is 4. The molecular weight excluding hydrogens is 447 g/mol. The van der Waals surface area contributed by atoms with E-state index in [0.717, 1.165) is 11.0 Å². The van der Waals surface area contributed by atoms with Crippen LogP contribution in [0.15, 0.2) is 35.6 Å². The molecule has 0 atom stereocenters. The van der Waals surface area contributed by atoms with Crippen LogP contribution in [0, 0.1) is 0 Å². The Morgan fingerprint density at radius 3 is 2.84 bits per heavy atom. The van der Waals surface area contributed by atoms with Gasteiger partial charge in [-0.05, 0) is 12.1 Å². The summed E-state index contributed by atoms with van der Waals surface area (Å²) in [4.78, 5) is 7.87. The first-order valence-corrected chi connectivity index (χ1v) is 7.40. The molecule has 0 spiro atoms. The van der Waals surface area contributed by atoms with E-state index in [0.29, 0.717) is 30.4 Å². The number of halogens is 3. The van der Waals surface area contributed by atoms with Crippen LogP contribution in [-0.4, -0.2) is 28.7 Å². The van der Waals surface area contributed by atoms with E-state index in [1.54, 1.807) is 18.2 Å². The third-order valence-corrected chi connectivity index (χ3v) is 3.37. The predicted octanol–water partition coefficient (Wildman–Crippen LogP) is 2.98. The lowest BCUT2D eigenvalue weighted by molar-refractivity contribution is 0.0671. The van der Waals surface area contributed by atoms with Crippen LogP contribution in [-0.2, 0) is 6.54 Å². The molecule has 1 aromatic carbocycles. The largest absolute Gasteiger partial charge is 0.490 e. The summed E-state index contributed by atoms with van der Waals surface area (Å²) in [5.74, 6) is 1.52. The van der Waals surface area contributed by atoms with Gasteiger partial charge in [0.15, 0.2) is 17.5 Å². The van der Waals surface area contributed by atoms with Gasteiger partial charge in [0.2, 0.25) is 0 Å². The van der Waals surface area contributed by atoms with Crippen LogP contribution in [0.3, 0.4) is 0 Å². The van der Waals surface area contributed by atoms with Crippen molar-refractivity contribution in [2.45, 2.75) is 19.5 Å². The van der Waals surface area contributed by atoms with Crippen LogP contribution in [0.25, 0.3) is 0 Å². The molecule has 0 saturated heterocycles. The van der Waals surface area contributed by atoms with E-state index in [1.807, 2.05) is 0 Å². The fourth-order valence-corrected chi connectivity index (χ4v) is 2.23. The molecule has 25 heavy (non-hydrogen) atoms. The molecule has 2 heterocycles. The second kappa shape index (κ2) is 8.83. The Labute approximate surface area is 160 Å². The number of alkyl halides is 2. The summed E-state index contributed by atoms with van der Waals surface area (Å²) in [6.07, 6.45) is 3.31. The van der Waals surface area contributed by atoms with Crippen molar-refractivity contribution in [2.75, 3.05) is 18.5 Å². The molecule has 0 amide bonds. The van der Waals surface area contributed by atoms with Gasteiger partial charge in [0.05, 0.1) is 13.2 Å². The summed E-state index contributed by atoms with van der Waals surface area (Å²) in [6.45, 7) is -1.52. The predicted molar refractivity (Wildman–Crippen MR) is 99.9 cm³/mol. The average Bonchev–Trinajstić information content (AvgIpc) is 2.91. The first kappa shape index (κ1) is 19.2. The minimum Gasteiger partial charge on any atom is -0.490 e. The molecule has 1 aliphatic rings. The third kappa shape index (κ3) is 4.94. The van der Waals surface area contributed by atoms with Crippen molar-refractivity contribution in [1.29, 1.82) is 0 Å². The van der Waals surface area contributed by atoms with Crippen molar-refractivity contribution in [1.82, 2.24) is 9.55 Å². The zero-order valence-corrected chi connectivity index (χ0v) is 15.5. The van der Waals surface area contributed by atoms with Crippen LogP contribution in [0.2, 0.25) is 0 Å². The maximum absolute atomic E-state index is 12.7. The molecule has 2 aromatic rings. The maximum Gasteiger partial charge on any atom is 0.319 e. The van der Waals surface area contributed by atoms with Crippen LogP contribution < -0.4 is 20.5 Å². The number of ether oxygens (including phenoxy) is 2. The van der Waals surface area contributed by atoms with Crippen LogP contribution in [0.4, 0.5) is 14.5 Å². The standard InChI is InChI=1S/C15H17F2N5O2.HI/c16-14(17)22-5-4-19-13(22)9-20-15(18)21-10-2-3-11-12(8-10)24-7-1-6-23-11;/h2-5,8,14H,1,6-7,9H2,(H3,18,20,21);1H. The summed E-state index contributed by atoms with van der Waals surface area (Å²) < 4.78 is 37.3. The number of nitrogens with two attached hydrogens (primary N) is 1. The number of nitrogens with zero attached hydrogens (tertiary/aromatic N) is 3. The van der Waals surface area contributed by atoms with E-state index in [1.165, 1.54) is 12.4 Å². The normalized spacial score (nSPS) is 14.0. The molecule has 1 aromatic heterocycles. The van der Waals surface area contributed by atoms with Gasteiger partial charge >= 0.3 is 6.55 Å². The molecule has 10 heteroatoms. The molecule has 0 bridgehead atoms. The Bertz CT molecular complexity index is 738. The highest BCUT2D eigenvalue weighted by Crippen LogP contribution is 2.32. The van der Waals surface area contributed by atoms with Gasteiger partial charge in [-0.1, -0.05) is 0 Å². The molecule has 7 nitrogen and oxygen atoms in total. The van der Waals surface area contributed by atoms with Gasteiger partial charge in [0, 0.05) is 30.6 Å². The lowest BCUT2D eigenvalue weighted by atomic mass is 10.3. The lowest BCUT2D eigenvalue weighted by Crippen LogP contribution is -2.23. The second-order valence-electron chi connectivity index (χ2n) is 5.07. The highest BCUT2D eigenvalue weighted by Gasteiger charge is 2.12. The van der Waals surface area contributed by atoms with Crippen LogP contribution in [0.1, 0.15) is 18.8 Å². The van der Waals surface area contributed by atoms with Crippen molar-refractivity contribution in [2.24, 2.45) is 10.7 Å². The number of fused-ring (bicyclic) bond motifs is 1. The summed E-state index contributed by atoms with van der Waals surface area (Å²) in [6, 6.07) is 5.30. The monoisotopic (exact) mass is 465 g/mol. The van der Waals surface area contributed by atoms with Crippen molar-refractivity contribution < 1.29 is 18.3 Å². The topological polar surface area (TPSA) is 86.7 Å². The number of benzene rings is 1. The molecule has 0 unspecified atom stereocenters. The van der Waals surface area contributed by atoms with Gasteiger partial charge < -0.3 is 20.5 Å². The minimum atomic E-state index is -2.66. The Hall–Kier alpha value is -2.11. The third-order valence-electron chi connectivity index (χ3n) is 3.37. The molecule has 3 N–H and O–H groups in total. The molecular formula is C15H18F2IN5O2. The fraction of sp³-hybridized carbons (Fsp3) is 0.333. The van der Waals surface area contributed by atoms with E-state index < -0.39 is 6.55 Å². The molecule has 0 fully saturated rings. The van der Waals surface area contributed by atoms with Crippen LogP contribution >= 0.6 is 24.0 Å². The van der Waals surface area contributed by atoms with Crippen LogP contribution in [0.5, 0.6) is 11.5 Å². The molecule has 3 rings (SSSR count). The van der Waals surface area contributed by atoms with Gasteiger partial charge in [-0.25, -0.2) is 9.98 Å². The number of imidazole rings is 1. The highest BCUT2D eigenvalue weighted by atomic mass is 127. The van der Waals surface area contributed by atoms with E-state index in [4.69, 9.17) is 15.2 Å². The van der Waals surface area contributed by atoms with E-state index >= 15 is 0 Å². The van der Waals surface area contributed by atoms with Gasteiger partial charge in [0.1, 0.15) is 12.4 Å². The summed E-state index contributed by atoms with van der Waals surface area (Å²) >= 11 is 0. The van der Waals surface area contributed by atoms with Crippen molar-refractivity contribution in [3.05, 3.63) is 36.4 Å². The maximum atomic E-state index is 12.7. The number of hydrogen-bond acceptors (Lipinski definition) is 4. The van der Waals surface area contributed by atoms with E-state index in [2.05, 4.69) is 15.3 Å². The number of aliphatic imine (C=N–C) groups is 1. The molecule has 0 saturated carbocycles. The zero-order valence-electron chi connectivity index (χ0n) is 13.2. The minimum absolute atomic E-state index is 0. The fourth-order valence-electron chi connectivity index (χ4n) is 2.23. The van der Waals surface area contributed by atoms with Crippen molar-refractivity contribution in [3.8, 4) is 11.5 Å². The number of hydrogen-bond donors (Lipinski definition) is 2. The summed E-state index contributed by atoms with van der Waals surface area (Å²) in [7, 11) is 0. The molecule has 136 valence electrons. The zero-order chi connectivity index (χ0) is 16.9. The molecule has 0 aliphatic carbocycles. The lowest BCUT2D eigenvalue weighted by Gasteiger charge is -2.11. The highest BCUT2D eigenvalue weighted by molar-refractivity contribution is 14.0. The van der Waals surface area contributed by atoms with Crippen molar-refractivity contribution in [3.63, 3.8) is 0 Å². The first-order chi connectivity index (χ1) is 11.6. The Morgan fingerprint density at radius 2 is 2.08 bits per heavy atom. The smallest absolute Gasteiger partial charge is 0.319 e. The molecule has 1 aliphatic heterocycles. The number of aromatic nitrogens is 2. The second-order valence-corrected chi connectivity index (χ2v) is 5.07. The van der Waals surface area contributed by atoms with Gasteiger partial charge in [-0.2, -0.15) is 8.78 Å². The van der Waals surface area contributed by atoms with Gasteiger partial charge in [-0.3, -0.25) is 4.57 Å². The average molecular weight is 465 g/mol. The summed E-state index contributed by atoms with van der Waals surface area (Å²) in [5, 5.41) is 2.89. The number of anilines is 1. The first-order valence-electron chi connectivity index (χ1n) is 7.40. The SMILES string of the molecule is I.NC(=NCc1nccn1C(F)F)Nc1ccc2c(c1)OCCCO2. The van der Waals surface area contributed by atoms with Crippen molar-refractivity contribution >= 4 is 35.6 Å².